The molecule has 1 aliphatic carbocycles. The highest BCUT2D eigenvalue weighted by Gasteiger charge is 2.21. The minimum Gasteiger partial charge on any atom is -0.376 e. The second-order valence-electron chi connectivity index (χ2n) is 4.62. The Bertz CT molecular complexity index is 396. The van der Waals surface area contributed by atoms with Gasteiger partial charge in [-0.2, -0.15) is 0 Å². The van der Waals surface area contributed by atoms with Gasteiger partial charge in [-0.05, 0) is 49.4 Å². The molecule has 0 atom stereocenters. The molecule has 1 saturated carbocycles. The molecule has 2 rings (SSSR count). The molecule has 0 spiro atoms. The molecule has 1 aromatic rings. The molecule has 0 heterocycles. The Morgan fingerprint density at radius 2 is 2.18 bits per heavy atom. The number of halogens is 1. The first-order chi connectivity index (χ1) is 8.13. The second kappa shape index (κ2) is 5.54. The van der Waals surface area contributed by atoms with Gasteiger partial charge >= 0.3 is 0 Å². The number of carbonyl (C=O) groups excluding carboxylic acids is 1. The van der Waals surface area contributed by atoms with Crippen LogP contribution in [0.2, 0.25) is 0 Å². The molecule has 4 heteroatoms. The summed E-state index contributed by atoms with van der Waals surface area (Å²) in [5, 5.41) is 6.06. The molecule has 2 N–H and O–H groups in total. The monoisotopic (exact) mass is 296 g/mol. The summed E-state index contributed by atoms with van der Waals surface area (Å²) >= 11 is 3.44. The van der Waals surface area contributed by atoms with Gasteiger partial charge in [0.2, 0.25) is 5.91 Å². The van der Waals surface area contributed by atoms with Crippen LogP contribution in [0.15, 0.2) is 22.7 Å². The van der Waals surface area contributed by atoms with Gasteiger partial charge in [0.25, 0.3) is 0 Å². The van der Waals surface area contributed by atoms with E-state index in [-0.39, 0.29) is 5.91 Å². The molecule has 0 bridgehead atoms. The van der Waals surface area contributed by atoms with Crippen molar-refractivity contribution in [2.75, 3.05) is 18.4 Å². The Balaban J connectivity index is 1.77. The highest BCUT2D eigenvalue weighted by atomic mass is 79.9. The van der Waals surface area contributed by atoms with Crippen molar-refractivity contribution in [1.82, 2.24) is 5.32 Å². The lowest BCUT2D eigenvalue weighted by Crippen LogP contribution is -2.31. The van der Waals surface area contributed by atoms with Crippen molar-refractivity contribution in [3.63, 3.8) is 0 Å². The maximum Gasteiger partial charge on any atom is 0.239 e. The third-order valence-corrected chi connectivity index (χ3v) is 3.24. The molecule has 0 radical (unpaired) electrons. The van der Waals surface area contributed by atoms with Crippen molar-refractivity contribution in [1.29, 1.82) is 0 Å². The Hall–Kier alpha value is -1.03. The first-order valence-electron chi connectivity index (χ1n) is 5.91. The van der Waals surface area contributed by atoms with E-state index in [0.29, 0.717) is 6.54 Å². The summed E-state index contributed by atoms with van der Waals surface area (Å²) in [4.78, 5) is 11.5. The lowest BCUT2D eigenvalue weighted by Gasteiger charge is -2.08. The van der Waals surface area contributed by atoms with Gasteiger partial charge in [-0.1, -0.05) is 15.9 Å². The van der Waals surface area contributed by atoms with Crippen LogP contribution in [0.4, 0.5) is 5.69 Å². The minimum atomic E-state index is 0.0644. The number of hydrogen-bond donors (Lipinski definition) is 2. The standard InChI is InChI=1S/C13H17BrN2O/c1-9-4-11(14)6-12(5-9)15-8-13(17)16-7-10-2-3-10/h4-6,10,15H,2-3,7-8H2,1H3,(H,16,17). The van der Waals surface area contributed by atoms with Gasteiger partial charge in [0.1, 0.15) is 0 Å². The number of hydrogen-bond acceptors (Lipinski definition) is 2. The lowest BCUT2D eigenvalue weighted by molar-refractivity contribution is -0.119. The molecule has 0 unspecified atom stereocenters. The summed E-state index contributed by atoms with van der Waals surface area (Å²) in [7, 11) is 0. The van der Waals surface area contributed by atoms with Crippen molar-refractivity contribution in [3.8, 4) is 0 Å². The number of benzene rings is 1. The van der Waals surface area contributed by atoms with Crippen molar-refractivity contribution in [2.24, 2.45) is 5.92 Å². The van der Waals surface area contributed by atoms with Gasteiger partial charge in [0.15, 0.2) is 0 Å². The molecule has 3 nitrogen and oxygen atoms in total. The predicted molar refractivity (Wildman–Crippen MR) is 73.1 cm³/mol. The third-order valence-electron chi connectivity index (χ3n) is 2.78. The molecule has 92 valence electrons. The van der Waals surface area contributed by atoms with Crippen molar-refractivity contribution in [2.45, 2.75) is 19.8 Å². The van der Waals surface area contributed by atoms with Gasteiger partial charge < -0.3 is 10.6 Å². The summed E-state index contributed by atoms with van der Waals surface area (Å²) in [5.41, 5.74) is 2.14. The summed E-state index contributed by atoms with van der Waals surface area (Å²) in [6.45, 7) is 3.20. The first kappa shape index (κ1) is 12.4. The van der Waals surface area contributed by atoms with Crippen LogP contribution in [0.25, 0.3) is 0 Å². The number of aryl methyl sites for hydroxylation is 1. The van der Waals surface area contributed by atoms with Crippen molar-refractivity contribution < 1.29 is 4.79 Å². The molecular formula is C13H17BrN2O. The number of rotatable bonds is 5. The molecular weight excluding hydrogens is 280 g/mol. The highest BCUT2D eigenvalue weighted by molar-refractivity contribution is 9.10. The van der Waals surface area contributed by atoms with Gasteiger partial charge in [0.05, 0.1) is 6.54 Å². The Morgan fingerprint density at radius 1 is 1.41 bits per heavy atom. The van der Waals surface area contributed by atoms with E-state index in [9.17, 15) is 4.79 Å². The van der Waals surface area contributed by atoms with Crippen LogP contribution in [0.5, 0.6) is 0 Å². The maximum absolute atomic E-state index is 11.5. The maximum atomic E-state index is 11.5. The first-order valence-corrected chi connectivity index (χ1v) is 6.70. The summed E-state index contributed by atoms with van der Waals surface area (Å²) in [5.74, 6) is 0.793. The van der Waals surface area contributed by atoms with Gasteiger partial charge in [0, 0.05) is 16.7 Å². The molecule has 0 aromatic heterocycles. The van der Waals surface area contributed by atoms with E-state index in [4.69, 9.17) is 0 Å². The van der Waals surface area contributed by atoms with E-state index in [2.05, 4.69) is 26.6 Å². The third kappa shape index (κ3) is 4.38. The number of amides is 1. The van der Waals surface area contributed by atoms with Crippen molar-refractivity contribution in [3.05, 3.63) is 28.2 Å². The fourth-order valence-corrected chi connectivity index (χ4v) is 2.27. The number of carbonyl (C=O) groups is 1. The smallest absolute Gasteiger partial charge is 0.239 e. The van der Waals surface area contributed by atoms with Crippen LogP contribution in [-0.2, 0) is 4.79 Å². The Labute approximate surface area is 110 Å². The van der Waals surface area contributed by atoms with Crippen LogP contribution in [0.3, 0.4) is 0 Å². The van der Waals surface area contributed by atoms with Crippen LogP contribution in [-0.4, -0.2) is 19.0 Å². The summed E-state index contributed by atoms with van der Waals surface area (Å²) in [6, 6.07) is 6.04. The van der Waals surface area contributed by atoms with Gasteiger partial charge in [-0.25, -0.2) is 0 Å². The largest absolute Gasteiger partial charge is 0.376 e. The lowest BCUT2D eigenvalue weighted by atomic mass is 10.2. The average molecular weight is 297 g/mol. The normalized spacial score (nSPS) is 14.5. The van der Waals surface area contributed by atoms with Gasteiger partial charge in [-0.15, -0.1) is 0 Å². The molecule has 0 aliphatic heterocycles. The van der Waals surface area contributed by atoms with Crippen LogP contribution in [0, 0.1) is 12.8 Å². The molecule has 1 aliphatic rings. The van der Waals surface area contributed by atoms with E-state index >= 15 is 0 Å². The highest BCUT2D eigenvalue weighted by Crippen LogP contribution is 2.27. The molecule has 17 heavy (non-hydrogen) atoms. The minimum absolute atomic E-state index is 0.0644. The van der Waals surface area contributed by atoms with E-state index in [1.54, 1.807) is 0 Å². The Kier molecular flexibility index (Phi) is 4.05. The summed E-state index contributed by atoms with van der Waals surface area (Å²) in [6.07, 6.45) is 2.52. The van der Waals surface area contributed by atoms with Crippen molar-refractivity contribution >= 4 is 27.5 Å². The van der Waals surface area contributed by atoms with E-state index in [1.807, 2.05) is 25.1 Å². The average Bonchev–Trinajstić information content (AvgIpc) is 3.06. The zero-order valence-electron chi connectivity index (χ0n) is 9.92. The number of anilines is 1. The zero-order chi connectivity index (χ0) is 12.3. The molecule has 1 aromatic carbocycles. The fourth-order valence-electron chi connectivity index (χ4n) is 1.66. The quantitative estimate of drug-likeness (QED) is 0.877. The molecule has 1 fully saturated rings. The van der Waals surface area contributed by atoms with E-state index in [0.717, 1.165) is 22.6 Å². The van der Waals surface area contributed by atoms with Crippen LogP contribution >= 0.6 is 15.9 Å². The van der Waals surface area contributed by atoms with E-state index in [1.165, 1.54) is 18.4 Å². The fraction of sp³-hybridized carbons (Fsp3) is 0.462. The predicted octanol–water partition coefficient (Wildman–Crippen LogP) is 2.70. The summed E-state index contributed by atoms with van der Waals surface area (Å²) < 4.78 is 1.03. The Morgan fingerprint density at radius 3 is 2.82 bits per heavy atom. The second-order valence-corrected chi connectivity index (χ2v) is 5.53. The SMILES string of the molecule is Cc1cc(Br)cc(NCC(=O)NCC2CC2)c1. The topological polar surface area (TPSA) is 41.1 Å². The van der Waals surface area contributed by atoms with Crippen LogP contribution in [0.1, 0.15) is 18.4 Å². The van der Waals surface area contributed by atoms with Gasteiger partial charge in [-0.3, -0.25) is 4.79 Å². The zero-order valence-corrected chi connectivity index (χ0v) is 11.5. The molecule has 1 amide bonds. The van der Waals surface area contributed by atoms with E-state index < -0.39 is 0 Å². The number of nitrogens with one attached hydrogen (secondary N) is 2. The van der Waals surface area contributed by atoms with Crippen LogP contribution < -0.4 is 10.6 Å². The molecule has 0 saturated heterocycles.